The van der Waals surface area contributed by atoms with Gasteiger partial charge in [0.2, 0.25) is 5.91 Å². The van der Waals surface area contributed by atoms with E-state index in [1.165, 1.54) is 24.2 Å². The lowest BCUT2D eigenvalue weighted by Gasteiger charge is -2.34. The fraction of sp³-hybridized carbons (Fsp3) is 0.714. The zero-order valence-electron chi connectivity index (χ0n) is 12.5. The molecule has 0 aromatic carbocycles. The topological polar surface area (TPSA) is 91.5 Å². The lowest BCUT2D eigenvalue weighted by Crippen LogP contribution is -2.45. The Morgan fingerprint density at radius 1 is 1.57 bits per heavy atom. The molecule has 0 aliphatic carbocycles. The molecule has 4 N–H and O–H groups in total. The molecule has 1 unspecified atom stereocenters. The van der Waals surface area contributed by atoms with Gasteiger partial charge < -0.3 is 16.2 Å². The van der Waals surface area contributed by atoms with E-state index >= 15 is 0 Å². The Balaban J connectivity index is 1.72. The van der Waals surface area contributed by atoms with Crippen molar-refractivity contribution in [2.24, 2.45) is 0 Å². The van der Waals surface area contributed by atoms with Crippen LogP contribution in [0.1, 0.15) is 29.8 Å². The molecule has 21 heavy (non-hydrogen) atoms. The third-order valence-corrected chi connectivity index (χ3v) is 4.90. The molecule has 6 nitrogen and oxygen atoms in total. The number of anilines is 1. The number of carbonyl (C=O) groups is 1. The van der Waals surface area contributed by atoms with Crippen molar-refractivity contribution in [1.29, 1.82) is 0 Å². The second-order valence-electron chi connectivity index (χ2n) is 5.46. The second kappa shape index (κ2) is 7.72. The fourth-order valence-corrected chi connectivity index (χ4v) is 3.55. The summed E-state index contributed by atoms with van der Waals surface area (Å²) in [5, 5.41) is 12.8. The molecule has 1 amide bonds. The first-order valence-electron chi connectivity index (χ1n) is 7.43. The third-order valence-electron chi connectivity index (χ3n) is 3.91. The number of nitrogen functional groups attached to an aromatic ring is 1. The largest absolute Gasteiger partial charge is 0.395 e. The summed E-state index contributed by atoms with van der Waals surface area (Å²) in [4.78, 5) is 19.2. The van der Waals surface area contributed by atoms with Crippen molar-refractivity contribution in [3.63, 3.8) is 0 Å². The van der Waals surface area contributed by atoms with Crippen LogP contribution in [0.3, 0.4) is 0 Å². The van der Waals surface area contributed by atoms with Crippen LogP contribution in [0, 0.1) is 6.92 Å². The molecule has 1 saturated heterocycles. The van der Waals surface area contributed by atoms with Gasteiger partial charge in [0.15, 0.2) is 5.13 Å². The number of nitrogens with two attached hydrogens (primary N) is 1. The molecule has 0 radical (unpaired) electrons. The smallest absolute Gasteiger partial charge is 0.225 e. The summed E-state index contributed by atoms with van der Waals surface area (Å²) in [5.41, 5.74) is 6.47. The van der Waals surface area contributed by atoms with Crippen molar-refractivity contribution in [3.8, 4) is 0 Å². The molecule has 1 fully saturated rings. The lowest BCUT2D eigenvalue weighted by molar-refractivity contribution is -0.120. The first kappa shape index (κ1) is 16.2. The summed E-state index contributed by atoms with van der Waals surface area (Å²) in [6.45, 7) is 4.48. The van der Waals surface area contributed by atoms with Crippen LogP contribution < -0.4 is 11.1 Å². The Morgan fingerprint density at radius 2 is 2.38 bits per heavy atom. The summed E-state index contributed by atoms with van der Waals surface area (Å²) in [6.07, 6.45) is 3.73. The average Bonchev–Trinajstić information content (AvgIpc) is 2.77. The van der Waals surface area contributed by atoms with Crippen molar-refractivity contribution in [1.82, 2.24) is 15.2 Å². The first-order chi connectivity index (χ1) is 10.1. The van der Waals surface area contributed by atoms with E-state index in [-0.39, 0.29) is 18.6 Å². The maximum absolute atomic E-state index is 11.9. The zero-order valence-corrected chi connectivity index (χ0v) is 13.3. The number of carbonyl (C=O) groups excluding carboxylic acids is 1. The molecule has 1 aliphatic rings. The van der Waals surface area contributed by atoms with E-state index in [4.69, 9.17) is 5.73 Å². The highest BCUT2D eigenvalue weighted by Crippen LogP contribution is 2.20. The fourth-order valence-electron chi connectivity index (χ4n) is 2.72. The Bertz CT molecular complexity index is 478. The van der Waals surface area contributed by atoms with Gasteiger partial charge in [0, 0.05) is 24.0 Å². The van der Waals surface area contributed by atoms with Gasteiger partial charge in [-0.1, -0.05) is 6.42 Å². The highest BCUT2D eigenvalue weighted by molar-refractivity contribution is 7.15. The van der Waals surface area contributed by atoms with Gasteiger partial charge in [-0.15, -0.1) is 11.3 Å². The quantitative estimate of drug-likeness (QED) is 0.713. The van der Waals surface area contributed by atoms with Gasteiger partial charge in [0.25, 0.3) is 0 Å². The molecule has 1 aromatic heterocycles. The SMILES string of the molecule is Cc1nc(N)sc1CC(=O)NCCN1CCCCC1CO. The number of piperidine rings is 1. The van der Waals surface area contributed by atoms with Crippen molar-refractivity contribution < 1.29 is 9.90 Å². The maximum atomic E-state index is 11.9. The van der Waals surface area contributed by atoms with Crippen molar-refractivity contribution in [3.05, 3.63) is 10.6 Å². The molecule has 0 spiro atoms. The maximum Gasteiger partial charge on any atom is 0.225 e. The van der Waals surface area contributed by atoms with E-state index in [9.17, 15) is 9.90 Å². The number of likely N-dealkylation sites (tertiary alicyclic amines) is 1. The summed E-state index contributed by atoms with van der Waals surface area (Å²) in [5.74, 6) is -0.000641. The molecule has 0 bridgehead atoms. The van der Waals surface area contributed by atoms with Crippen LogP contribution in [0.4, 0.5) is 5.13 Å². The van der Waals surface area contributed by atoms with Crippen molar-refractivity contribution in [2.45, 2.75) is 38.6 Å². The molecular weight excluding hydrogens is 288 g/mol. The summed E-state index contributed by atoms with van der Waals surface area (Å²) in [7, 11) is 0. The van der Waals surface area contributed by atoms with E-state index in [1.807, 2.05) is 6.92 Å². The number of rotatable bonds is 6. The highest BCUT2D eigenvalue weighted by atomic mass is 32.1. The van der Waals surface area contributed by atoms with Crippen LogP contribution in [0.15, 0.2) is 0 Å². The Kier molecular flexibility index (Phi) is 5.96. The highest BCUT2D eigenvalue weighted by Gasteiger charge is 2.21. The first-order valence-corrected chi connectivity index (χ1v) is 8.25. The molecule has 7 heteroatoms. The number of hydrogen-bond donors (Lipinski definition) is 3. The summed E-state index contributed by atoms with van der Waals surface area (Å²) >= 11 is 1.37. The van der Waals surface area contributed by atoms with Gasteiger partial charge in [-0.2, -0.15) is 0 Å². The molecule has 1 aliphatic heterocycles. The van der Waals surface area contributed by atoms with E-state index in [2.05, 4.69) is 15.2 Å². The van der Waals surface area contributed by atoms with Crippen LogP contribution in [0.2, 0.25) is 0 Å². The number of nitrogens with zero attached hydrogens (tertiary/aromatic N) is 2. The van der Waals surface area contributed by atoms with Gasteiger partial charge in [-0.05, 0) is 26.3 Å². The number of aliphatic hydroxyl groups is 1. The minimum atomic E-state index is -0.000641. The van der Waals surface area contributed by atoms with Crippen LogP contribution in [-0.4, -0.2) is 53.2 Å². The zero-order chi connectivity index (χ0) is 15.2. The normalized spacial score (nSPS) is 19.6. The Hall–Kier alpha value is -1.18. The molecule has 2 heterocycles. The Morgan fingerprint density at radius 3 is 3.05 bits per heavy atom. The number of aromatic nitrogens is 1. The minimum absolute atomic E-state index is 0.000641. The van der Waals surface area contributed by atoms with Gasteiger partial charge in [-0.3, -0.25) is 9.69 Å². The van der Waals surface area contributed by atoms with Crippen molar-refractivity contribution >= 4 is 22.4 Å². The second-order valence-corrected chi connectivity index (χ2v) is 6.57. The van der Waals surface area contributed by atoms with E-state index in [1.54, 1.807) is 0 Å². The number of amides is 1. The van der Waals surface area contributed by atoms with Crippen LogP contribution in [-0.2, 0) is 11.2 Å². The molecule has 1 atom stereocenters. The van der Waals surface area contributed by atoms with Gasteiger partial charge in [0.1, 0.15) is 0 Å². The minimum Gasteiger partial charge on any atom is -0.395 e. The van der Waals surface area contributed by atoms with Gasteiger partial charge in [-0.25, -0.2) is 4.98 Å². The average molecular weight is 312 g/mol. The monoisotopic (exact) mass is 312 g/mol. The standard InChI is InChI=1S/C14H24N4O2S/c1-10-12(21-14(15)17-10)8-13(20)16-5-7-18-6-3-2-4-11(18)9-19/h11,19H,2-9H2,1H3,(H2,15,17)(H,16,20). The number of nitrogens with one attached hydrogen (secondary N) is 1. The number of hydrogen-bond acceptors (Lipinski definition) is 6. The number of thiazole rings is 1. The van der Waals surface area contributed by atoms with Gasteiger partial charge in [0.05, 0.1) is 18.7 Å². The van der Waals surface area contributed by atoms with E-state index < -0.39 is 0 Å². The molecule has 118 valence electrons. The summed E-state index contributed by atoms with van der Waals surface area (Å²) < 4.78 is 0. The predicted molar refractivity (Wildman–Crippen MR) is 84.3 cm³/mol. The van der Waals surface area contributed by atoms with Gasteiger partial charge >= 0.3 is 0 Å². The lowest BCUT2D eigenvalue weighted by atomic mass is 10.0. The number of aliphatic hydroxyl groups excluding tert-OH is 1. The van der Waals surface area contributed by atoms with Crippen molar-refractivity contribution in [2.75, 3.05) is 32.0 Å². The van der Waals surface area contributed by atoms with Crippen LogP contribution in [0.5, 0.6) is 0 Å². The molecular formula is C14H24N4O2S. The third kappa shape index (κ3) is 4.66. The van der Waals surface area contributed by atoms with E-state index in [0.29, 0.717) is 18.1 Å². The van der Waals surface area contributed by atoms with Crippen LogP contribution >= 0.6 is 11.3 Å². The molecule has 0 saturated carbocycles. The molecule has 1 aromatic rings. The van der Waals surface area contributed by atoms with E-state index in [0.717, 1.165) is 30.1 Å². The predicted octanol–water partition coefficient (Wildman–Crippen LogP) is 0.539. The Labute approximate surface area is 129 Å². The molecule has 2 rings (SSSR count). The van der Waals surface area contributed by atoms with Crippen LogP contribution in [0.25, 0.3) is 0 Å². The summed E-state index contributed by atoms with van der Waals surface area (Å²) in [6, 6.07) is 0.249. The number of aryl methyl sites for hydroxylation is 1.